The maximum Gasteiger partial charge on any atom is 0.305 e. The highest BCUT2D eigenvalue weighted by molar-refractivity contribution is 8.00. The number of primary amides is 1. The van der Waals surface area contributed by atoms with Crippen molar-refractivity contribution in [3.63, 3.8) is 0 Å². The van der Waals surface area contributed by atoms with E-state index in [1.807, 2.05) is 6.92 Å². The largest absolute Gasteiger partial charge is 0.508 e. The fraction of sp³-hybridized carbons (Fsp3) is 0.413. The Morgan fingerprint density at radius 1 is 0.477 bits per heavy atom. The van der Waals surface area contributed by atoms with Gasteiger partial charge >= 0.3 is 5.97 Å². The van der Waals surface area contributed by atoms with Crippen LogP contribution in [-0.2, 0) is 115 Å². The number of carboxylic acids is 1. The van der Waals surface area contributed by atoms with Gasteiger partial charge in [0.15, 0.2) is 0 Å². The summed E-state index contributed by atoms with van der Waals surface area (Å²) in [6, 6.07) is 27.1. The normalized spacial score (nSPS) is 21.9. The van der Waals surface area contributed by atoms with E-state index in [0.29, 0.717) is 57.1 Å². The van der Waals surface area contributed by atoms with Gasteiger partial charge in [-0.3, -0.25) is 76.7 Å². The van der Waals surface area contributed by atoms with E-state index in [2.05, 4.69) is 58.2 Å². The molecule has 0 bridgehead atoms. The number of hydrogen-bond donors (Lipinski definition) is 15. The number of carbonyl (C=O) groups is 16. The predicted molar refractivity (Wildman–Crippen MR) is 477 cm³/mol. The van der Waals surface area contributed by atoms with Gasteiger partial charge in [0, 0.05) is 89.6 Å². The van der Waals surface area contributed by atoms with Crippen molar-refractivity contribution in [3.8, 4) is 11.5 Å². The number of benzene rings is 6. The van der Waals surface area contributed by atoms with Crippen LogP contribution in [-0.4, -0.2) is 260 Å². The number of unbranched alkanes of at least 4 members (excludes halogenated alkanes) is 1. The van der Waals surface area contributed by atoms with Crippen LogP contribution in [0, 0.1) is 11.8 Å². The lowest BCUT2D eigenvalue weighted by molar-refractivity contribution is -0.151. The zero-order valence-corrected chi connectivity index (χ0v) is 73.9. The van der Waals surface area contributed by atoms with E-state index < -0.39 is 199 Å². The summed E-state index contributed by atoms with van der Waals surface area (Å²) in [5, 5.41) is 57.9. The number of amides is 15. The third kappa shape index (κ3) is 30.3. The summed E-state index contributed by atoms with van der Waals surface area (Å²) in [7, 11) is 5.27. The minimum absolute atomic E-state index is 0.0298. The van der Waals surface area contributed by atoms with Crippen LogP contribution in [0.2, 0.25) is 0 Å². The summed E-state index contributed by atoms with van der Waals surface area (Å²) < 4.78 is 0. The zero-order valence-electron chi connectivity index (χ0n) is 73.1. The molecule has 1 aliphatic heterocycles. The average molecular weight is 1780 g/mol. The van der Waals surface area contributed by atoms with Gasteiger partial charge in [-0.1, -0.05) is 181 Å². The first kappa shape index (κ1) is 99.8. The van der Waals surface area contributed by atoms with Gasteiger partial charge in [-0.15, -0.1) is 11.8 Å². The highest BCUT2D eigenvalue weighted by atomic mass is 32.2. The quantitative estimate of drug-likeness (QED) is 0.0435. The van der Waals surface area contributed by atoms with Gasteiger partial charge in [0.2, 0.25) is 88.6 Å². The van der Waals surface area contributed by atoms with Crippen LogP contribution in [0.3, 0.4) is 0 Å². The van der Waals surface area contributed by atoms with Gasteiger partial charge in [0.25, 0.3) is 0 Å². The first-order chi connectivity index (χ1) is 61.0. The molecule has 15 amide bonds. The number of carbonyl (C=O) groups excluding carboxylic acids is 15. The number of aromatic nitrogens is 1. The van der Waals surface area contributed by atoms with Crippen molar-refractivity contribution in [2.24, 2.45) is 17.6 Å². The van der Waals surface area contributed by atoms with Crippen molar-refractivity contribution < 1.29 is 92.0 Å². The van der Waals surface area contributed by atoms with Crippen molar-refractivity contribution >= 4 is 117 Å². The molecule has 7 aromatic rings. The Morgan fingerprint density at radius 2 is 0.945 bits per heavy atom. The minimum atomic E-state index is -1.91. The molecule has 1 aromatic heterocycles. The number of nitrogens with zero attached hydrogens (tertiary/aromatic N) is 4. The fourth-order valence-corrected chi connectivity index (χ4v) is 15.6. The Hall–Kier alpha value is -13.7. The number of H-pyrrole nitrogens is 1. The molecule has 2 heterocycles. The third-order valence-electron chi connectivity index (χ3n) is 21.7. The number of aromatic hydroxyl groups is 2. The Balaban J connectivity index is 1.20. The molecule has 16 N–H and O–H groups in total. The van der Waals surface area contributed by atoms with Gasteiger partial charge in [0.05, 0.1) is 31.8 Å². The van der Waals surface area contributed by atoms with Crippen LogP contribution in [0.25, 0.3) is 10.9 Å². The topological polar surface area (TPSA) is 509 Å². The Morgan fingerprint density at radius 3 is 1.50 bits per heavy atom. The molecule has 36 heteroatoms. The lowest BCUT2D eigenvalue weighted by atomic mass is 9.98. The van der Waals surface area contributed by atoms with Gasteiger partial charge in [-0.2, -0.15) is 0 Å². The minimum Gasteiger partial charge on any atom is -0.508 e. The van der Waals surface area contributed by atoms with Gasteiger partial charge < -0.3 is 98.8 Å². The molecule has 11 unspecified atom stereocenters. The van der Waals surface area contributed by atoms with E-state index in [9.17, 15) is 63.3 Å². The summed E-state index contributed by atoms with van der Waals surface area (Å²) in [5.41, 5.74) is 9.08. The number of fused-ring (bicyclic) bond motifs is 1. The summed E-state index contributed by atoms with van der Waals surface area (Å²) in [6.45, 7) is 6.09. The standard InChI is InChI=1S/C92H116N16O19S/c1-10-11-31-73-90(125)105(6)51-78(113)98-70(47-80(115)116)87(122)104-81(55(4)5)92(127)107(8)74(44-57-25-17-13-18-26-57)88(123)102-67(41-59-32-36-62(109)37-33-59)82(117)96-50-77(112)97-69(46-61-48-94-65-30-22-21-29-64(61)65)86(121)101-68(42-60-34-38-63(110)39-35-60)85(120)100-66(40-54(2)3)84(119)103-72(83(118)95-49-76(93)111)52-128-53-79(114)99-71(43-56-23-15-12-16-24-56)89(124)108(9)75(91(126)106(73)7)45-58-27-19-14-20-28-58/h12-30,32-39,48,54-55,66-75,81,94,109-110H,10-11,31,40-47,49-53H2,1-9H3,(H2,93,111)(H,95,118)(H,96,117)(H,97,112)(H,98,113)(H,99,114)(H,100,120)(H,101,121)(H,102,123)(H,103,119)(H,104,122)(H,115,116). The fourth-order valence-electron chi connectivity index (χ4n) is 14.7. The monoisotopic (exact) mass is 1780 g/mol. The van der Waals surface area contributed by atoms with Crippen molar-refractivity contribution in [2.75, 3.05) is 59.3 Å². The number of para-hydroxylation sites is 1. The van der Waals surface area contributed by atoms with Crippen LogP contribution in [0.4, 0.5) is 0 Å². The summed E-state index contributed by atoms with van der Waals surface area (Å²) in [6.07, 6.45) is 0.0646. The Kier molecular flexibility index (Phi) is 38.0. The number of carboxylic acid groups (broad SMARTS) is 1. The van der Waals surface area contributed by atoms with Crippen LogP contribution in [0.15, 0.2) is 170 Å². The lowest BCUT2D eigenvalue weighted by Gasteiger charge is -2.37. The number of rotatable bonds is 23. The zero-order chi connectivity index (χ0) is 93.4. The number of phenols is 2. The number of nitrogens with one attached hydrogen (secondary N) is 11. The first-order valence-electron chi connectivity index (χ1n) is 42.3. The smallest absolute Gasteiger partial charge is 0.305 e. The SMILES string of the molecule is CCCCC1C(=O)N(C)CC(=O)NC(CC(=O)O)C(=O)NC(C(C)C)C(=O)N(C)C(Cc2ccccc2)C(=O)NC(Cc2ccc(O)cc2)C(=O)NCC(=O)NC(Cc2c[nH]c3ccccc23)C(=O)NC(Cc2ccc(O)cc2)C(=O)NC(CC(C)C)C(=O)NC(C(=O)NCC(N)=O)CSCC(=O)NC(Cc2ccccc2)C(=O)N(C)C(Cc2ccccc2)C(=O)N1C. The van der Waals surface area contributed by atoms with Crippen LogP contribution >= 0.6 is 11.8 Å². The number of hydrogen-bond acceptors (Lipinski definition) is 19. The second-order valence-corrected chi connectivity index (χ2v) is 33.6. The van der Waals surface area contributed by atoms with E-state index in [0.717, 1.165) is 21.6 Å². The summed E-state index contributed by atoms with van der Waals surface area (Å²) >= 11 is 0.828. The van der Waals surface area contributed by atoms with E-state index in [1.165, 1.54) is 86.5 Å². The molecule has 684 valence electrons. The van der Waals surface area contributed by atoms with E-state index in [4.69, 9.17) is 5.73 Å². The molecule has 0 radical (unpaired) electrons. The summed E-state index contributed by atoms with van der Waals surface area (Å²) in [5.74, 6) is -17.6. The molecular weight excluding hydrogens is 1670 g/mol. The lowest BCUT2D eigenvalue weighted by Crippen LogP contribution is -2.61. The van der Waals surface area contributed by atoms with Gasteiger partial charge in [-0.05, 0) is 88.4 Å². The highest BCUT2D eigenvalue weighted by Crippen LogP contribution is 2.24. The van der Waals surface area contributed by atoms with Crippen LogP contribution in [0.1, 0.15) is 100 Å². The van der Waals surface area contributed by atoms with Crippen molar-refractivity contribution in [1.82, 2.24) is 77.8 Å². The molecule has 0 spiro atoms. The molecule has 6 aromatic carbocycles. The summed E-state index contributed by atoms with van der Waals surface area (Å²) in [4.78, 5) is 241. The first-order valence-corrected chi connectivity index (χ1v) is 43.4. The van der Waals surface area contributed by atoms with Crippen molar-refractivity contribution in [2.45, 2.75) is 172 Å². The van der Waals surface area contributed by atoms with E-state index >= 15 is 28.8 Å². The molecule has 1 aliphatic rings. The number of nitrogens with two attached hydrogens (primary N) is 1. The molecule has 11 atom stereocenters. The molecule has 35 nitrogen and oxygen atoms in total. The van der Waals surface area contributed by atoms with Crippen LogP contribution < -0.4 is 58.9 Å². The molecular formula is C92H116N16O19S. The number of likely N-dealkylation sites (N-methyl/N-ethyl adjacent to an activating group) is 4. The van der Waals surface area contributed by atoms with Crippen LogP contribution in [0.5, 0.6) is 11.5 Å². The highest BCUT2D eigenvalue weighted by Gasteiger charge is 2.42. The maximum absolute atomic E-state index is 15.5. The number of aromatic amines is 1. The van der Waals surface area contributed by atoms with Crippen molar-refractivity contribution in [3.05, 3.63) is 203 Å². The Bertz CT molecular complexity index is 5030. The predicted octanol–water partition coefficient (Wildman–Crippen LogP) is 1.98. The number of thioether (sulfide) groups is 1. The third-order valence-corrected chi connectivity index (χ3v) is 22.8. The van der Waals surface area contributed by atoms with Gasteiger partial charge in [0.1, 0.15) is 78.0 Å². The Labute approximate surface area is 746 Å². The second-order valence-electron chi connectivity index (χ2n) is 32.6. The molecule has 128 heavy (non-hydrogen) atoms. The molecule has 0 aliphatic carbocycles. The maximum atomic E-state index is 15.5. The second kappa shape index (κ2) is 48.7. The molecule has 0 saturated carbocycles. The van der Waals surface area contributed by atoms with E-state index in [1.54, 1.807) is 149 Å². The van der Waals surface area contributed by atoms with Crippen molar-refractivity contribution in [1.29, 1.82) is 0 Å². The average Bonchev–Trinajstić information content (AvgIpc) is 0.940. The number of phenolic OH excluding ortho intramolecular Hbond substituents is 2. The molecule has 1 saturated heterocycles. The van der Waals surface area contributed by atoms with Gasteiger partial charge in [-0.25, -0.2) is 0 Å². The van der Waals surface area contributed by atoms with E-state index in [-0.39, 0.29) is 74.5 Å². The molecule has 1 fully saturated rings. The molecule has 8 rings (SSSR count). The number of aliphatic carboxylic acids is 1.